The highest BCUT2D eigenvalue weighted by molar-refractivity contribution is 5.80. The van der Waals surface area contributed by atoms with Gasteiger partial charge in [0.05, 0.1) is 17.9 Å². The second kappa shape index (κ2) is 7.80. The molecule has 0 aliphatic carbocycles. The summed E-state index contributed by atoms with van der Waals surface area (Å²) in [6.45, 7) is 12.8. The van der Waals surface area contributed by atoms with Gasteiger partial charge in [0.1, 0.15) is 6.23 Å². The Balaban J connectivity index is 0.000000470. The Morgan fingerprint density at radius 1 is 1.12 bits per heavy atom. The van der Waals surface area contributed by atoms with E-state index in [1.54, 1.807) is 6.92 Å². The van der Waals surface area contributed by atoms with Crippen LogP contribution in [0.1, 0.15) is 67.7 Å². The van der Waals surface area contributed by atoms with Crippen molar-refractivity contribution >= 4 is 11.9 Å². The summed E-state index contributed by atoms with van der Waals surface area (Å²) in [6.07, 6.45) is 0.382. The summed E-state index contributed by atoms with van der Waals surface area (Å²) < 4.78 is 0. The first-order chi connectivity index (χ1) is 10.5. The van der Waals surface area contributed by atoms with E-state index in [0.29, 0.717) is 0 Å². The van der Waals surface area contributed by atoms with Gasteiger partial charge in [0.25, 0.3) is 0 Å². The lowest BCUT2D eigenvalue weighted by molar-refractivity contribution is -0.155. The van der Waals surface area contributed by atoms with Crippen molar-refractivity contribution in [3.8, 4) is 0 Å². The molecule has 1 heterocycles. The van der Waals surface area contributed by atoms with Gasteiger partial charge in [-0.1, -0.05) is 0 Å². The molecule has 0 aromatic rings. The van der Waals surface area contributed by atoms with Gasteiger partial charge in [-0.15, -0.1) is 0 Å². The van der Waals surface area contributed by atoms with E-state index in [0.717, 1.165) is 12.8 Å². The van der Waals surface area contributed by atoms with Crippen LogP contribution in [-0.4, -0.2) is 60.7 Å². The minimum Gasteiger partial charge on any atom is -0.481 e. The molecular weight excluding hydrogens is 314 g/mol. The minimum absolute atomic E-state index is 0.144. The number of aliphatic hydroxyl groups excluding tert-OH is 2. The fourth-order valence-corrected chi connectivity index (χ4v) is 3.71. The zero-order valence-electron chi connectivity index (χ0n) is 15.8. The number of carbonyl (C=O) groups is 2. The first-order valence-electron chi connectivity index (χ1n) is 8.14. The molecule has 0 bridgehead atoms. The quantitative estimate of drug-likeness (QED) is 0.613. The second-order valence-corrected chi connectivity index (χ2v) is 8.45. The summed E-state index contributed by atoms with van der Waals surface area (Å²) in [4.78, 5) is 22.4. The summed E-state index contributed by atoms with van der Waals surface area (Å²) in [6, 6.07) is 0. The molecule has 4 N–H and O–H groups in total. The van der Waals surface area contributed by atoms with Crippen molar-refractivity contribution in [2.24, 2.45) is 5.41 Å². The summed E-state index contributed by atoms with van der Waals surface area (Å²) >= 11 is 0. The number of carboxylic acids is 2. The Labute approximate surface area is 144 Å². The average Bonchev–Trinajstić information content (AvgIpc) is 2.21. The number of rotatable bonds is 4. The van der Waals surface area contributed by atoms with Crippen LogP contribution in [0.15, 0.2) is 0 Å². The molecule has 7 heteroatoms. The van der Waals surface area contributed by atoms with Crippen LogP contribution in [0.5, 0.6) is 0 Å². The molecule has 0 radical (unpaired) electrons. The van der Waals surface area contributed by atoms with E-state index in [9.17, 15) is 19.8 Å². The van der Waals surface area contributed by atoms with Crippen LogP contribution in [0.4, 0.5) is 0 Å². The van der Waals surface area contributed by atoms with Gasteiger partial charge in [0.15, 0.2) is 0 Å². The van der Waals surface area contributed by atoms with Gasteiger partial charge in [-0.2, -0.15) is 0 Å². The Kier molecular flexibility index (Phi) is 7.42. The van der Waals surface area contributed by atoms with Crippen molar-refractivity contribution < 1.29 is 30.0 Å². The average molecular weight is 347 g/mol. The van der Waals surface area contributed by atoms with Crippen LogP contribution in [0, 0.1) is 5.41 Å². The third-order valence-corrected chi connectivity index (χ3v) is 4.32. The van der Waals surface area contributed by atoms with Crippen molar-refractivity contribution in [2.75, 3.05) is 0 Å². The van der Waals surface area contributed by atoms with Crippen LogP contribution in [0.2, 0.25) is 0 Å². The third-order valence-electron chi connectivity index (χ3n) is 4.32. The zero-order chi connectivity index (χ0) is 19.5. The predicted octanol–water partition coefficient (Wildman–Crippen LogP) is 1.91. The smallest absolute Gasteiger partial charge is 0.309 e. The summed E-state index contributed by atoms with van der Waals surface area (Å²) in [5.74, 6) is -2.18. The van der Waals surface area contributed by atoms with Crippen molar-refractivity contribution in [1.82, 2.24) is 4.90 Å². The van der Waals surface area contributed by atoms with Crippen LogP contribution in [0.3, 0.4) is 0 Å². The molecule has 0 aromatic carbocycles. The molecule has 24 heavy (non-hydrogen) atoms. The number of likely N-dealkylation sites (tertiary alicyclic amines) is 1. The van der Waals surface area contributed by atoms with Crippen molar-refractivity contribution in [3.63, 3.8) is 0 Å². The fourth-order valence-electron chi connectivity index (χ4n) is 3.71. The zero-order valence-corrected chi connectivity index (χ0v) is 15.8. The van der Waals surface area contributed by atoms with Crippen LogP contribution in [-0.2, 0) is 9.59 Å². The standard InChI is InChI=1S/C11H23NO2.C6H10O4/c1-8(13)12-10(2,3)6-9(14)7-11(12,4)5;1-6(2,5(9)10)3-4(7)8/h8-9,13-14H,6-7H2,1-5H3;3H2,1-2H3,(H,7,8)(H,9,10). The maximum Gasteiger partial charge on any atom is 0.309 e. The van der Waals surface area contributed by atoms with E-state index < -0.39 is 23.6 Å². The summed E-state index contributed by atoms with van der Waals surface area (Å²) in [7, 11) is 0. The minimum atomic E-state index is -1.16. The lowest BCUT2D eigenvalue weighted by atomic mass is 9.78. The first-order valence-corrected chi connectivity index (χ1v) is 8.14. The van der Waals surface area contributed by atoms with Gasteiger partial charge in [-0.05, 0) is 61.3 Å². The highest BCUT2D eigenvalue weighted by Gasteiger charge is 2.46. The molecule has 1 aliphatic heterocycles. The molecule has 7 nitrogen and oxygen atoms in total. The van der Waals surface area contributed by atoms with Gasteiger partial charge in [-0.25, -0.2) is 0 Å². The molecule has 142 valence electrons. The number of aliphatic carboxylic acids is 2. The number of aliphatic hydroxyl groups is 2. The Morgan fingerprint density at radius 2 is 1.50 bits per heavy atom. The van der Waals surface area contributed by atoms with Gasteiger partial charge < -0.3 is 20.4 Å². The maximum atomic E-state index is 10.3. The van der Waals surface area contributed by atoms with Crippen molar-refractivity contribution in [3.05, 3.63) is 0 Å². The monoisotopic (exact) mass is 347 g/mol. The van der Waals surface area contributed by atoms with Gasteiger partial charge in [0, 0.05) is 11.1 Å². The molecule has 0 saturated carbocycles. The molecule has 0 aromatic heterocycles. The number of hydrogen-bond acceptors (Lipinski definition) is 5. The molecule has 1 aliphatic rings. The second-order valence-electron chi connectivity index (χ2n) is 8.45. The first kappa shape index (κ1) is 22.8. The van der Waals surface area contributed by atoms with E-state index in [1.807, 2.05) is 0 Å². The molecule has 1 atom stereocenters. The predicted molar refractivity (Wildman–Crippen MR) is 90.6 cm³/mol. The van der Waals surface area contributed by atoms with E-state index in [1.165, 1.54) is 13.8 Å². The largest absolute Gasteiger partial charge is 0.481 e. The van der Waals surface area contributed by atoms with Gasteiger partial charge in [-0.3, -0.25) is 14.5 Å². The highest BCUT2D eigenvalue weighted by Crippen LogP contribution is 2.39. The molecule has 1 fully saturated rings. The van der Waals surface area contributed by atoms with Crippen LogP contribution >= 0.6 is 0 Å². The summed E-state index contributed by atoms with van der Waals surface area (Å²) in [5.41, 5.74) is -1.45. The Morgan fingerprint density at radius 3 is 1.71 bits per heavy atom. The Hall–Kier alpha value is -1.18. The van der Waals surface area contributed by atoms with Gasteiger partial charge in [0.2, 0.25) is 0 Å². The maximum absolute atomic E-state index is 10.3. The van der Waals surface area contributed by atoms with Crippen molar-refractivity contribution in [1.29, 1.82) is 0 Å². The Bertz CT molecular complexity index is 438. The number of piperidine rings is 1. The molecule has 1 saturated heterocycles. The lowest BCUT2D eigenvalue weighted by Crippen LogP contribution is -2.64. The SMILES string of the molecule is CC(C)(CC(=O)O)C(=O)O.CC(O)N1C(C)(C)CC(O)CC1(C)C. The molecule has 0 spiro atoms. The van der Waals surface area contributed by atoms with Crippen molar-refractivity contribution in [2.45, 2.75) is 91.1 Å². The van der Waals surface area contributed by atoms with Crippen LogP contribution in [0.25, 0.3) is 0 Å². The van der Waals surface area contributed by atoms with E-state index >= 15 is 0 Å². The molecular formula is C17H33NO6. The van der Waals surface area contributed by atoms with E-state index in [4.69, 9.17) is 10.2 Å². The van der Waals surface area contributed by atoms with Gasteiger partial charge >= 0.3 is 11.9 Å². The summed E-state index contributed by atoms with van der Waals surface area (Å²) in [5, 5.41) is 36.2. The topological polar surface area (TPSA) is 118 Å². The molecule has 1 unspecified atom stereocenters. The highest BCUT2D eigenvalue weighted by atomic mass is 16.4. The number of nitrogens with zero attached hydrogens (tertiary/aromatic N) is 1. The third kappa shape index (κ3) is 6.37. The van der Waals surface area contributed by atoms with Crippen LogP contribution < -0.4 is 0 Å². The lowest BCUT2D eigenvalue weighted by Gasteiger charge is -2.55. The van der Waals surface area contributed by atoms with E-state index in [2.05, 4.69) is 32.6 Å². The molecule has 1 rings (SSSR count). The fraction of sp³-hybridized carbons (Fsp3) is 0.882. The normalized spacial score (nSPS) is 22.2. The number of hydrogen-bond donors (Lipinski definition) is 4. The number of carboxylic acid groups (broad SMARTS) is 2. The van der Waals surface area contributed by atoms with E-state index in [-0.39, 0.29) is 23.6 Å². The molecule has 0 amide bonds.